The molecule has 0 fully saturated rings. The fraction of sp³-hybridized carbons (Fsp3) is 0.750. The van der Waals surface area contributed by atoms with E-state index in [-0.39, 0.29) is 12.2 Å². The number of rotatable bonds is 5. The maximum Gasteiger partial charge on any atom is 0.182 e. The van der Waals surface area contributed by atoms with E-state index in [2.05, 4.69) is 15.4 Å². The average Bonchev–Trinajstić information content (AvgIpc) is 2.51. The molecule has 0 aliphatic rings. The molecule has 1 heterocycles. The number of Topliss-reactive ketones (excluding diaryl/α,β-unsaturated/α-hetero) is 1. The summed E-state index contributed by atoms with van der Waals surface area (Å²) in [7, 11) is 1.63. The molecule has 0 bridgehead atoms. The first-order chi connectivity index (χ1) is 6.63. The Morgan fingerprint density at radius 2 is 2.36 bits per heavy atom. The van der Waals surface area contributed by atoms with Crippen LogP contribution in [-0.4, -0.2) is 37.2 Å². The number of aliphatic hydroxyl groups excluding tert-OH is 1. The maximum absolute atomic E-state index is 11.3. The van der Waals surface area contributed by atoms with Gasteiger partial charge in [-0.15, -0.1) is 10.2 Å². The number of hydrogen-bond acceptors (Lipinski definition) is 5. The van der Waals surface area contributed by atoms with Gasteiger partial charge in [0.1, 0.15) is 6.10 Å². The van der Waals surface area contributed by atoms with Crippen LogP contribution in [-0.2, 0) is 18.3 Å². The van der Waals surface area contributed by atoms with Gasteiger partial charge in [0.05, 0.1) is 13.5 Å². The molecule has 1 aromatic rings. The quantitative estimate of drug-likeness (QED) is 0.688. The molecule has 0 spiro atoms. The van der Waals surface area contributed by atoms with Gasteiger partial charge in [-0.3, -0.25) is 4.79 Å². The van der Waals surface area contributed by atoms with Crippen LogP contribution in [0, 0.1) is 0 Å². The van der Waals surface area contributed by atoms with Gasteiger partial charge in [0.15, 0.2) is 11.6 Å². The van der Waals surface area contributed by atoms with Crippen molar-refractivity contribution in [1.29, 1.82) is 0 Å². The van der Waals surface area contributed by atoms with Crippen LogP contribution in [0.25, 0.3) is 0 Å². The second-order valence-electron chi connectivity index (χ2n) is 3.14. The third-order valence-corrected chi connectivity index (χ3v) is 1.82. The summed E-state index contributed by atoms with van der Waals surface area (Å²) in [6.45, 7) is 1.91. The molecule has 1 aromatic heterocycles. The van der Waals surface area contributed by atoms with Gasteiger partial charge < -0.3 is 5.11 Å². The normalized spacial score (nSPS) is 12.8. The van der Waals surface area contributed by atoms with Crippen molar-refractivity contribution in [3.05, 3.63) is 5.82 Å². The number of aliphatic hydroxyl groups is 1. The lowest BCUT2D eigenvalue weighted by Crippen LogP contribution is -2.22. The second-order valence-corrected chi connectivity index (χ2v) is 3.14. The number of aromatic nitrogens is 4. The third kappa shape index (κ3) is 2.88. The average molecular weight is 198 g/mol. The summed E-state index contributed by atoms with van der Waals surface area (Å²) in [5.74, 6) is 0.104. The molecule has 1 atom stereocenters. The Balaban J connectivity index is 2.48. The summed E-state index contributed by atoms with van der Waals surface area (Å²) in [6.07, 6.45) is 0.415. The van der Waals surface area contributed by atoms with Crippen LogP contribution in [0.4, 0.5) is 0 Å². The summed E-state index contributed by atoms with van der Waals surface area (Å²) in [5.41, 5.74) is 0. The molecule has 0 aliphatic heterocycles. The largest absolute Gasteiger partial charge is 0.385 e. The molecule has 0 amide bonds. The number of hydrogen-bond donors (Lipinski definition) is 1. The summed E-state index contributed by atoms with van der Waals surface area (Å²) in [6, 6.07) is 0. The SMILES string of the molecule is CCCC(O)C(=O)Cc1nnn(C)n1. The van der Waals surface area contributed by atoms with Crippen molar-refractivity contribution in [3.63, 3.8) is 0 Å². The molecule has 1 rings (SSSR count). The van der Waals surface area contributed by atoms with Gasteiger partial charge in [0, 0.05) is 0 Å². The van der Waals surface area contributed by atoms with Crippen molar-refractivity contribution < 1.29 is 9.90 Å². The van der Waals surface area contributed by atoms with Crippen LogP contribution in [0.1, 0.15) is 25.6 Å². The maximum atomic E-state index is 11.3. The van der Waals surface area contributed by atoms with Crippen molar-refractivity contribution in [2.45, 2.75) is 32.3 Å². The fourth-order valence-corrected chi connectivity index (χ4v) is 1.10. The molecule has 1 N–H and O–H groups in total. The molecule has 6 heteroatoms. The lowest BCUT2D eigenvalue weighted by atomic mass is 10.1. The third-order valence-electron chi connectivity index (χ3n) is 1.82. The predicted octanol–water partition coefficient (Wildman–Crippen LogP) is -0.517. The van der Waals surface area contributed by atoms with Crippen LogP contribution >= 0.6 is 0 Å². The first kappa shape index (κ1) is 10.8. The molecular weight excluding hydrogens is 184 g/mol. The molecule has 78 valence electrons. The zero-order chi connectivity index (χ0) is 10.6. The van der Waals surface area contributed by atoms with E-state index in [4.69, 9.17) is 0 Å². The van der Waals surface area contributed by atoms with E-state index >= 15 is 0 Å². The van der Waals surface area contributed by atoms with Crippen LogP contribution in [0.5, 0.6) is 0 Å². The lowest BCUT2D eigenvalue weighted by Gasteiger charge is -2.05. The molecule has 1 unspecified atom stereocenters. The monoisotopic (exact) mass is 198 g/mol. The predicted molar refractivity (Wildman–Crippen MR) is 48.4 cm³/mol. The highest BCUT2D eigenvalue weighted by Crippen LogP contribution is 2.01. The number of aryl methyl sites for hydroxylation is 1. The van der Waals surface area contributed by atoms with Gasteiger partial charge >= 0.3 is 0 Å². The lowest BCUT2D eigenvalue weighted by molar-refractivity contribution is -0.126. The van der Waals surface area contributed by atoms with Crippen LogP contribution in [0.3, 0.4) is 0 Å². The Morgan fingerprint density at radius 1 is 1.64 bits per heavy atom. The number of nitrogens with zero attached hydrogens (tertiary/aromatic N) is 4. The van der Waals surface area contributed by atoms with Gasteiger partial charge in [0.2, 0.25) is 0 Å². The van der Waals surface area contributed by atoms with Crippen molar-refractivity contribution >= 4 is 5.78 Å². The standard InChI is InChI=1S/C8H14N4O2/c1-3-4-6(13)7(14)5-8-9-11-12(2)10-8/h6,13H,3-5H2,1-2H3. The first-order valence-corrected chi connectivity index (χ1v) is 4.57. The Kier molecular flexibility index (Phi) is 3.70. The van der Waals surface area contributed by atoms with Crippen molar-refractivity contribution in [1.82, 2.24) is 20.2 Å². The zero-order valence-corrected chi connectivity index (χ0v) is 8.34. The van der Waals surface area contributed by atoms with Gasteiger partial charge in [-0.1, -0.05) is 13.3 Å². The molecule has 0 aromatic carbocycles. The first-order valence-electron chi connectivity index (χ1n) is 4.57. The van der Waals surface area contributed by atoms with E-state index in [9.17, 15) is 9.90 Å². The Hall–Kier alpha value is -1.30. The van der Waals surface area contributed by atoms with Crippen LogP contribution in [0.15, 0.2) is 0 Å². The highest BCUT2D eigenvalue weighted by molar-refractivity contribution is 5.84. The molecule has 0 aliphatic carbocycles. The number of carbonyl (C=O) groups excluding carboxylic acids is 1. The summed E-state index contributed by atoms with van der Waals surface area (Å²) >= 11 is 0. The van der Waals surface area contributed by atoms with E-state index in [1.165, 1.54) is 4.80 Å². The highest BCUT2D eigenvalue weighted by Gasteiger charge is 2.16. The minimum absolute atomic E-state index is 0.0506. The van der Waals surface area contributed by atoms with E-state index in [0.717, 1.165) is 6.42 Å². The summed E-state index contributed by atoms with van der Waals surface area (Å²) in [5, 5.41) is 20.5. The number of tetrazole rings is 1. The van der Waals surface area contributed by atoms with Crippen LogP contribution in [0.2, 0.25) is 0 Å². The van der Waals surface area contributed by atoms with E-state index in [1.54, 1.807) is 7.05 Å². The molecule has 6 nitrogen and oxygen atoms in total. The molecule has 0 radical (unpaired) electrons. The van der Waals surface area contributed by atoms with E-state index in [0.29, 0.717) is 12.2 Å². The molecule has 14 heavy (non-hydrogen) atoms. The van der Waals surface area contributed by atoms with E-state index in [1.807, 2.05) is 6.92 Å². The molecule has 0 saturated carbocycles. The van der Waals surface area contributed by atoms with Gasteiger partial charge in [-0.25, -0.2) is 0 Å². The van der Waals surface area contributed by atoms with Gasteiger partial charge in [-0.05, 0) is 11.6 Å². The van der Waals surface area contributed by atoms with Crippen molar-refractivity contribution in [2.24, 2.45) is 7.05 Å². The fourth-order valence-electron chi connectivity index (χ4n) is 1.10. The highest BCUT2D eigenvalue weighted by atomic mass is 16.3. The summed E-state index contributed by atoms with van der Waals surface area (Å²) < 4.78 is 0. The Bertz CT molecular complexity index is 310. The van der Waals surface area contributed by atoms with Crippen LogP contribution < -0.4 is 0 Å². The number of ketones is 1. The Morgan fingerprint density at radius 3 is 2.86 bits per heavy atom. The minimum Gasteiger partial charge on any atom is -0.385 e. The number of carbonyl (C=O) groups is 1. The zero-order valence-electron chi connectivity index (χ0n) is 8.34. The molecular formula is C8H14N4O2. The van der Waals surface area contributed by atoms with Gasteiger partial charge in [-0.2, -0.15) is 4.80 Å². The van der Waals surface area contributed by atoms with Crippen molar-refractivity contribution in [3.8, 4) is 0 Å². The van der Waals surface area contributed by atoms with Crippen molar-refractivity contribution in [2.75, 3.05) is 0 Å². The van der Waals surface area contributed by atoms with Gasteiger partial charge in [0.25, 0.3) is 0 Å². The molecule has 0 saturated heterocycles. The second kappa shape index (κ2) is 4.80. The topological polar surface area (TPSA) is 80.9 Å². The smallest absolute Gasteiger partial charge is 0.182 e. The Labute approximate surface area is 81.9 Å². The minimum atomic E-state index is -0.899. The summed E-state index contributed by atoms with van der Waals surface area (Å²) in [4.78, 5) is 12.6. The van der Waals surface area contributed by atoms with E-state index < -0.39 is 6.10 Å².